The quantitative estimate of drug-likeness (QED) is 0.518. The average molecular weight is 244 g/mol. The fraction of sp³-hybridized carbons (Fsp3) is 0.818. The number of nitrogens with two attached hydrogens (primary N) is 1. The van der Waals surface area contributed by atoms with E-state index in [4.69, 9.17) is 10.8 Å². The molecule has 0 radical (unpaired) electrons. The number of amides is 1. The Balaban J connectivity index is 2.39. The van der Waals surface area contributed by atoms with Crippen molar-refractivity contribution in [2.75, 3.05) is 6.54 Å². The van der Waals surface area contributed by atoms with Crippen molar-refractivity contribution in [2.24, 2.45) is 11.7 Å². The summed E-state index contributed by atoms with van der Waals surface area (Å²) in [6, 6.07) is -0.490. The van der Waals surface area contributed by atoms with Gasteiger partial charge in [-0.15, -0.1) is 0 Å². The molecule has 0 aromatic rings. The molecule has 0 saturated heterocycles. The van der Waals surface area contributed by atoms with Gasteiger partial charge in [-0.05, 0) is 32.6 Å². The zero-order chi connectivity index (χ0) is 13.1. The van der Waals surface area contributed by atoms with Crippen molar-refractivity contribution in [3.63, 3.8) is 0 Å². The molecular formula is C11H20N2O4. The number of carboxylic acid groups (broad SMARTS) is 1. The molecule has 6 heteroatoms. The zero-order valence-electron chi connectivity index (χ0n) is 9.98. The van der Waals surface area contributed by atoms with Crippen LogP contribution in [0.2, 0.25) is 0 Å². The van der Waals surface area contributed by atoms with Crippen LogP contribution in [0.3, 0.4) is 0 Å². The summed E-state index contributed by atoms with van der Waals surface area (Å²) >= 11 is 0. The molecule has 0 aromatic heterocycles. The van der Waals surface area contributed by atoms with Crippen molar-refractivity contribution in [2.45, 2.75) is 44.2 Å². The molecule has 0 aromatic carbocycles. The molecule has 0 aliphatic heterocycles. The van der Waals surface area contributed by atoms with Crippen molar-refractivity contribution in [3.05, 3.63) is 0 Å². The zero-order valence-corrected chi connectivity index (χ0v) is 9.98. The van der Waals surface area contributed by atoms with Crippen LogP contribution in [0.4, 0.5) is 0 Å². The minimum absolute atomic E-state index is 0.267. The van der Waals surface area contributed by atoms with E-state index in [1.165, 1.54) is 0 Å². The highest BCUT2D eigenvalue weighted by molar-refractivity contribution is 5.79. The number of nitrogens with one attached hydrogen (secondary N) is 1. The van der Waals surface area contributed by atoms with E-state index in [1.807, 2.05) is 0 Å². The summed E-state index contributed by atoms with van der Waals surface area (Å²) in [6.45, 7) is 1.90. The minimum atomic E-state index is -0.921. The van der Waals surface area contributed by atoms with Gasteiger partial charge in [-0.3, -0.25) is 9.59 Å². The molecule has 17 heavy (non-hydrogen) atoms. The highest BCUT2D eigenvalue weighted by Gasteiger charge is 2.35. The molecule has 0 bridgehead atoms. The van der Waals surface area contributed by atoms with Gasteiger partial charge in [0.2, 0.25) is 5.91 Å². The maximum atomic E-state index is 10.8. The average Bonchev–Trinajstić information content (AvgIpc) is 2.26. The lowest BCUT2D eigenvalue weighted by Gasteiger charge is -2.35. The van der Waals surface area contributed by atoms with Crippen molar-refractivity contribution >= 4 is 11.9 Å². The molecule has 0 heterocycles. The first-order valence-electron chi connectivity index (χ1n) is 5.82. The summed E-state index contributed by atoms with van der Waals surface area (Å²) in [5.41, 5.74) is 4.17. The third kappa shape index (κ3) is 3.98. The number of rotatable bonds is 5. The number of hydrogen-bond acceptors (Lipinski definition) is 4. The number of primary amides is 1. The molecule has 98 valence electrons. The molecule has 0 spiro atoms. The molecule has 1 atom stereocenters. The second-order valence-corrected chi connectivity index (χ2v) is 4.84. The molecule has 5 N–H and O–H groups in total. The predicted octanol–water partition coefficient (Wildman–Crippen LogP) is -0.544. The highest BCUT2D eigenvalue weighted by atomic mass is 16.4. The predicted molar refractivity (Wildman–Crippen MR) is 61.2 cm³/mol. The maximum Gasteiger partial charge on any atom is 0.306 e. The Labute approximate surface area is 100 Å². The number of carbonyl (C=O) groups is 2. The van der Waals surface area contributed by atoms with Crippen LogP contribution in [-0.2, 0) is 9.59 Å². The summed E-state index contributed by atoms with van der Waals surface area (Å²) < 4.78 is 0. The van der Waals surface area contributed by atoms with Crippen LogP contribution in [-0.4, -0.2) is 40.3 Å². The number of carboxylic acids is 1. The fourth-order valence-corrected chi connectivity index (χ4v) is 2.02. The first kappa shape index (κ1) is 13.9. The first-order valence-corrected chi connectivity index (χ1v) is 5.82. The molecule has 1 aliphatic carbocycles. The standard InChI is InChI=1S/C11H20N2O4/c1-7(9(12)14)13-6-11(17)4-2-8(3-5-11)10(15)16/h7-8,13,17H,2-6H2,1H3,(H2,12,14)(H,15,16). The van der Waals surface area contributed by atoms with Gasteiger partial charge in [0, 0.05) is 6.54 Å². The molecular weight excluding hydrogens is 224 g/mol. The topological polar surface area (TPSA) is 113 Å². The number of aliphatic carboxylic acids is 1. The highest BCUT2D eigenvalue weighted by Crippen LogP contribution is 2.31. The van der Waals surface area contributed by atoms with E-state index >= 15 is 0 Å². The maximum absolute atomic E-state index is 10.8. The van der Waals surface area contributed by atoms with E-state index in [1.54, 1.807) is 6.92 Å². The van der Waals surface area contributed by atoms with Crippen LogP contribution in [0.1, 0.15) is 32.6 Å². The van der Waals surface area contributed by atoms with Crippen molar-refractivity contribution in [1.29, 1.82) is 0 Å². The van der Waals surface area contributed by atoms with E-state index in [0.717, 1.165) is 0 Å². The first-order chi connectivity index (χ1) is 7.84. The number of carbonyl (C=O) groups excluding carboxylic acids is 1. The van der Waals surface area contributed by atoms with Gasteiger partial charge in [0.25, 0.3) is 0 Å². The van der Waals surface area contributed by atoms with Crippen LogP contribution in [0, 0.1) is 5.92 Å². The molecule has 1 unspecified atom stereocenters. The molecule has 6 nitrogen and oxygen atoms in total. The Bertz CT molecular complexity index is 298. The van der Waals surface area contributed by atoms with Crippen LogP contribution in [0.25, 0.3) is 0 Å². The SMILES string of the molecule is CC(NCC1(O)CCC(C(=O)O)CC1)C(N)=O. The second kappa shape index (κ2) is 5.46. The Kier molecular flexibility index (Phi) is 4.47. The monoisotopic (exact) mass is 244 g/mol. The molecule has 1 rings (SSSR count). The third-order valence-corrected chi connectivity index (χ3v) is 3.43. The molecule has 1 aliphatic rings. The van der Waals surface area contributed by atoms with Gasteiger partial charge in [0.1, 0.15) is 0 Å². The van der Waals surface area contributed by atoms with E-state index in [2.05, 4.69) is 5.32 Å². The third-order valence-electron chi connectivity index (χ3n) is 3.43. The van der Waals surface area contributed by atoms with Gasteiger partial charge in [0.05, 0.1) is 17.6 Å². The second-order valence-electron chi connectivity index (χ2n) is 4.84. The van der Waals surface area contributed by atoms with Crippen molar-refractivity contribution in [3.8, 4) is 0 Å². The van der Waals surface area contributed by atoms with E-state index < -0.39 is 23.5 Å². The van der Waals surface area contributed by atoms with Crippen LogP contribution in [0.15, 0.2) is 0 Å². The Morgan fingerprint density at radius 1 is 1.47 bits per heavy atom. The lowest BCUT2D eigenvalue weighted by atomic mass is 9.78. The van der Waals surface area contributed by atoms with E-state index in [9.17, 15) is 14.7 Å². The number of aliphatic hydroxyl groups is 1. The summed E-state index contributed by atoms with van der Waals surface area (Å²) in [4.78, 5) is 21.6. The summed E-state index contributed by atoms with van der Waals surface area (Å²) in [6.07, 6.45) is 1.81. The van der Waals surface area contributed by atoms with Crippen LogP contribution >= 0.6 is 0 Å². The van der Waals surface area contributed by atoms with Gasteiger partial charge in [-0.25, -0.2) is 0 Å². The molecule has 1 amide bonds. The largest absolute Gasteiger partial charge is 0.481 e. The smallest absolute Gasteiger partial charge is 0.306 e. The number of hydrogen-bond donors (Lipinski definition) is 4. The Morgan fingerprint density at radius 2 is 2.00 bits per heavy atom. The summed E-state index contributed by atoms with van der Waals surface area (Å²) in [5.74, 6) is -1.62. The minimum Gasteiger partial charge on any atom is -0.481 e. The molecule has 1 saturated carbocycles. The van der Waals surface area contributed by atoms with Gasteiger partial charge in [0.15, 0.2) is 0 Å². The Morgan fingerprint density at radius 3 is 2.41 bits per heavy atom. The van der Waals surface area contributed by atoms with E-state index in [-0.39, 0.29) is 12.5 Å². The summed E-state index contributed by atoms with van der Waals surface area (Å²) in [7, 11) is 0. The van der Waals surface area contributed by atoms with Gasteiger partial charge < -0.3 is 21.3 Å². The van der Waals surface area contributed by atoms with Gasteiger partial charge >= 0.3 is 5.97 Å². The fourth-order valence-electron chi connectivity index (χ4n) is 2.02. The lowest BCUT2D eigenvalue weighted by Crippen LogP contribution is -2.49. The lowest BCUT2D eigenvalue weighted by molar-refractivity contribution is -0.144. The van der Waals surface area contributed by atoms with Crippen LogP contribution < -0.4 is 11.1 Å². The normalized spacial score (nSPS) is 30.8. The van der Waals surface area contributed by atoms with Crippen LogP contribution in [0.5, 0.6) is 0 Å². The molecule has 1 fully saturated rings. The summed E-state index contributed by atoms with van der Waals surface area (Å²) in [5, 5.41) is 21.9. The van der Waals surface area contributed by atoms with Gasteiger partial charge in [-0.2, -0.15) is 0 Å². The van der Waals surface area contributed by atoms with Crippen molar-refractivity contribution in [1.82, 2.24) is 5.32 Å². The van der Waals surface area contributed by atoms with Crippen molar-refractivity contribution < 1.29 is 19.8 Å². The Hall–Kier alpha value is -1.14. The van der Waals surface area contributed by atoms with E-state index in [0.29, 0.717) is 25.7 Å². The van der Waals surface area contributed by atoms with Gasteiger partial charge in [-0.1, -0.05) is 0 Å².